The predicted molar refractivity (Wildman–Crippen MR) is 62.6 cm³/mol. The van der Waals surface area contributed by atoms with Crippen molar-refractivity contribution in [2.24, 2.45) is 5.41 Å². The molecule has 0 fully saturated rings. The Hall–Kier alpha value is -1.37. The van der Waals surface area contributed by atoms with Crippen molar-refractivity contribution in [2.75, 3.05) is 0 Å². The van der Waals surface area contributed by atoms with E-state index < -0.39 is 0 Å². The largest absolute Gasteiger partial charge is 0.294 e. The van der Waals surface area contributed by atoms with Crippen LogP contribution in [-0.4, -0.2) is 5.78 Å². The van der Waals surface area contributed by atoms with Gasteiger partial charge in [0.2, 0.25) is 0 Å². The molecule has 0 amide bonds. The second-order valence-corrected chi connectivity index (χ2v) is 4.96. The molecule has 0 saturated carbocycles. The highest BCUT2D eigenvalue weighted by atomic mass is 16.1. The maximum Gasteiger partial charge on any atom is 0.161 e. The molecular weight excluding hydrogens is 184 g/mol. The fourth-order valence-electron chi connectivity index (χ4n) is 1.92. The molecule has 0 saturated heterocycles. The molecule has 0 heterocycles. The van der Waals surface area contributed by atoms with Crippen molar-refractivity contribution < 1.29 is 4.79 Å². The quantitative estimate of drug-likeness (QED) is 0.679. The molecule has 1 heteroatoms. The lowest BCUT2D eigenvalue weighted by Crippen LogP contribution is -2.16. The maximum atomic E-state index is 11.7. The first-order chi connectivity index (χ1) is 6.99. The van der Waals surface area contributed by atoms with Crippen LogP contribution in [0.2, 0.25) is 0 Å². The first-order valence-electron chi connectivity index (χ1n) is 5.31. The minimum Gasteiger partial charge on any atom is -0.294 e. The van der Waals surface area contributed by atoms with Crippen molar-refractivity contribution >= 4 is 11.4 Å². The van der Waals surface area contributed by atoms with Gasteiger partial charge in [0.15, 0.2) is 5.78 Å². The minimum atomic E-state index is -0.208. The first kappa shape index (κ1) is 10.2. The van der Waals surface area contributed by atoms with E-state index in [1.165, 1.54) is 16.7 Å². The third kappa shape index (κ3) is 1.87. The lowest BCUT2D eigenvalue weighted by Gasteiger charge is -2.15. The Morgan fingerprint density at radius 1 is 1.13 bits per heavy atom. The molecule has 1 aromatic rings. The number of hydrogen-bond donors (Lipinski definition) is 0. The van der Waals surface area contributed by atoms with Crippen LogP contribution in [-0.2, 0) is 4.79 Å². The van der Waals surface area contributed by atoms with Gasteiger partial charge in [0, 0.05) is 5.41 Å². The van der Waals surface area contributed by atoms with Crippen molar-refractivity contribution in [2.45, 2.75) is 27.2 Å². The van der Waals surface area contributed by atoms with Crippen molar-refractivity contribution in [3.05, 3.63) is 41.5 Å². The summed E-state index contributed by atoms with van der Waals surface area (Å²) < 4.78 is 0. The summed E-state index contributed by atoms with van der Waals surface area (Å²) in [7, 11) is 0. The van der Waals surface area contributed by atoms with E-state index in [1.807, 2.05) is 13.8 Å². The van der Waals surface area contributed by atoms with Crippen LogP contribution in [0.15, 0.2) is 30.3 Å². The van der Waals surface area contributed by atoms with E-state index in [0.717, 1.165) is 6.42 Å². The molecule has 1 aliphatic carbocycles. The summed E-state index contributed by atoms with van der Waals surface area (Å²) >= 11 is 0. The van der Waals surface area contributed by atoms with Gasteiger partial charge in [0.1, 0.15) is 0 Å². The summed E-state index contributed by atoms with van der Waals surface area (Å²) in [5.41, 5.74) is 3.40. The number of ketones is 1. The average molecular weight is 200 g/mol. The molecule has 78 valence electrons. The third-order valence-electron chi connectivity index (χ3n) is 3.03. The normalized spacial score (nSPS) is 19.1. The molecule has 0 bridgehead atoms. The lowest BCUT2D eigenvalue weighted by molar-refractivity contribution is -0.121. The van der Waals surface area contributed by atoms with E-state index in [2.05, 4.69) is 31.2 Å². The Labute approximate surface area is 90.8 Å². The number of hydrogen-bond acceptors (Lipinski definition) is 1. The average Bonchev–Trinajstić information content (AvgIpc) is 2.42. The van der Waals surface area contributed by atoms with Crippen LogP contribution in [0.25, 0.3) is 5.57 Å². The van der Waals surface area contributed by atoms with Crippen molar-refractivity contribution in [3.8, 4) is 0 Å². The zero-order valence-electron chi connectivity index (χ0n) is 9.50. The summed E-state index contributed by atoms with van der Waals surface area (Å²) in [5, 5.41) is 0. The topological polar surface area (TPSA) is 17.1 Å². The van der Waals surface area contributed by atoms with E-state index in [9.17, 15) is 4.79 Å². The van der Waals surface area contributed by atoms with Crippen molar-refractivity contribution in [3.63, 3.8) is 0 Å². The van der Waals surface area contributed by atoms with Gasteiger partial charge in [-0.15, -0.1) is 0 Å². The van der Waals surface area contributed by atoms with Crippen LogP contribution in [0.4, 0.5) is 0 Å². The van der Waals surface area contributed by atoms with Crippen molar-refractivity contribution in [1.82, 2.24) is 0 Å². The van der Waals surface area contributed by atoms with Crippen LogP contribution < -0.4 is 0 Å². The molecule has 0 radical (unpaired) electrons. The summed E-state index contributed by atoms with van der Waals surface area (Å²) in [6.07, 6.45) is 2.65. The van der Waals surface area contributed by atoms with E-state index in [1.54, 1.807) is 6.08 Å². The van der Waals surface area contributed by atoms with Gasteiger partial charge in [-0.2, -0.15) is 0 Å². The number of benzene rings is 1. The summed E-state index contributed by atoms with van der Waals surface area (Å²) in [6.45, 7) is 6.09. The summed E-state index contributed by atoms with van der Waals surface area (Å²) in [6, 6.07) is 8.36. The maximum absolute atomic E-state index is 11.7. The Bertz CT molecular complexity index is 421. The molecule has 0 spiro atoms. The molecule has 0 unspecified atom stereocenters. The molecule has 1 nitrogen and oxygen atoms in total. The highest BCUT2D eigenvalue weighted by Crippen LogP contribution is 2.38. The van der Waals surface area contributed by atoms with E-state index in [4.69, 9.17) is 0 Å². The van der Waals surface area contributed by atoms with Gasteiger partial charge in [-0.25, -0.2) is 0 Å². The van der Waals surface area contributed by atoms with Gasteiger partial charge < -0.3 is 0 Å². The van der Waals surface area contributed by atoms with Crippen LogP contribution in [0, 0.1) is 12.3 Å². The number of aryl methyl sites for hydroxylation is 1. The van der Waals surface area contributed by atoms with Gasteiger partial charge in [-0.05, 0) is 30.6 Å². The molecule has 1 aromatic carbocycles. The van der Waals surface area contributed by atoms with Crippen LogP contribution in [0.3, 0.4) is 0 Å². The van der Waals surface area contributed by atoms with Gasteiger partial charge in [0.25, 0.3) is 0 Å². The Balaban J connectivity index is 2.31. The van der Waals surface area contributed by atoms with Gasteiger partial charge in [-0.1, -0.05) is 43.7 Å². The molecule has 15 heavy (non-hydrogen) atoms. The van der Waals surface area contributed by atoms with E-state index >= 15 is 0 Å². The van der Waals surface area contributed by atoms with Crippen molar-refractivity contribution in [1.29, 1.82) is 0 Å². The Morgan fingerprint density at radius 2 is 1.73 bits per heavy atom. The molecule has 0 N–H and O–H groups in total. The zero-order chi connectivity index (χ0) is 11.1. The summed E-state index contributed by atoms with van der Waals surface area (Å²) in [5.74, 6) is 0.248. The number of carbonyl (C=O) groups is 1. The predicted octanol–water partition coefficient (Wildman–Crippen LogP) is 3.38. The highest BCUT2D eigenvalue weighted by molar-refractivity contribution is 6.05. The smallest absolute Gasteiger partial charge is 0.161 e. The molecule has 0 aromatic heterocycles. The van der Waals surface area contributed by atoms with Crippen LogP contribution in [0.1, 0.15) is 31.4 Å². The SMILES string of the molecule is Cc1ccc(C2=CC(=O)C(C)(C)C2)cc1. The standard InChI is InChI=1S/C14H16O/c1-10-4-6-11(7-5-10)12-8-13(15)14(2,3)9-12/h4-8H,9H2,1-3H3. The number of carbonyl (C=O) groups excluding carboxylic acids is 1. The number of allylic oxidation sites excluding steroid dienone is 2. The second kappa shape index (κ2) is 3.34. The van der Waals surface area contributed by atoms with E-state index in [0.29, 0.717) is 0 Å². The fourth-order valence-corrected chi connectivity index (χ4v) is 1.92. The Morgan fingerprint density at radius 3 is 2.20 bits per heavy atom. The van der Waals surface area contributed by atoms with Gasteiger partial charge in [-0.3, -0.25) is 4.79 Å². The molecule has 2 rings (SSSR count). The monoisotopic (exact) mass is 200 g/mol. The minimum absolute atomic E-state index is 0.208. The fraction of sp³-hybridized carbons (Fsp3) is 0.357. The first-order valence-corrected chi connectivity index (χ1v) is 5.31. The highest BCUT2D eigenvalue weighted by Gasteiger charge is 2.33. The molecule has 1 aliphatic rings. The van der Waals surface area contributed by atoms with Gasteiger partial charge in [0.05, 0.1) is 0 Å². The van der Waals surface area contributed by atoms with E-state index in [-0.39, 0.29) is 11.2 Å². The molecule has 0 aliphatic heterocycles. The van der Waals surface area contributed by atoms with Gasteiger partial charge >= 0.3 is 0 Å². The van der Waals surface area contributed by atoms with Crippen LogP contribution in [0.5, 0.6) is 0 Å². The van der Waals surface area contributed by atoms with Crippen LogP contribution >= 0.6 is 0 Å². The number of rotatable bonds is 1. The lowest BCUT2D eigenvalue weighted by atomic mass is 9.87. The zero-order valence-corrected chi connectivity index (χ0v) is 9.50. The molecular formula is C14H16O. The molecule has 0 atom stereocenters. The third-order valence-corrected chi connectivity index (χ3v) is 3.03. The Kier molecular flexibility index (Phi) is 2.26. The second-order valence-electron chi connectivity index (χ2n) is 4.96. The summed E-state index contributed by atoms with van der Waals surface area (Å²) in [4.78, 5) is 11.7.